The molecule has 2 aromatic rings. The summed E-state index contributed by atoms with van der Waals surface area (Å²) in [4.78, 5) is 24.9. The van der Waals surface area contributed by atoms with E-state index in [0.29, 0.717) is 10.6 Å². The van der Waals surface area contributed by atoms with Gasteiger partial charge in [0.25, 0.3) is 0 Å². The van der Waals surface area contributed by atoms with Crippen molar-refractivity contribution >= 4 is 35.0 Å². The molecule has 162 valence electrons. The largest absolute Gasteiger partial charge is 0.481 e. The Morgan fingerprint density at radius 3 is 2.03 bits per heavy atom. The maximum Gasteiger partial charge on any atom is 0.392 e. The van der Waals surface area contributed by atoms with Crippen molar-refractivity contribution in [2.75, 3.05) is 0 Å². The zero-order valence-corrected chi connectivity index (χ0v) is 18.1. The Labute approximate surface area is 182 Å². The second kappa shape index (κ2) is 8.98. The Kier molecular flexibility index (Phi) is 7.25. The first kappa shape index (κ1) is 24.2. The van der Waals surface area contributed by atoms with Gasteiger partial charge in [-0.25, -0.2) is 0 Å². The number of hydrogen-bond acceptors (Lipinski definition) is 2. The van der Waals surface area contributed by atoms with Crippen molar-refractivity contribution in [3.05, 3.63) is 69.2 Å². The molecule has 2 aromatic carbocycles. The van der Waals surface area contributed by atoms with Crippen LogP contribution >= 0.6 is 23.2 Å². The van der Waals surface area contributed by atoms with Gasteiger partial charge in [0.15, 0.2) is 5.78 Å². The normalized spacial score (nSPS) is 14.3. The predicted octanol–water partition coefficient (Wildman–Crippen LogP) is 6.81. The highest BCUT2D eigenvalue weighted by Gasteiger charge is 2.45. The molecule has 0 heterocycles. The fourth-order valence-electron chi connectivity index (χ4n) is 3.18. The van der Waals surface area contributed by atoms with Gasteiger partial charge in [-0.15, -0.1) is 0 Å². The predicted molar refractivity (Wildman–Crippen MR) is 110 cm³/mol. The number of carboxylic acid groups (broad SMARTS) is 1. The summed E-state index contributed by atoms with van der Waals surface area (Å²) >= 11 is 11.9. The molecule has 0 radical (unpaired) electrons. The van der Waals surface area contributed by atoms with Crippen LogP contribution in [-0.4, -0.2) is 23.0 Å². The zero-order chi connectivity index (χ0) is 22.9. The van der Waals surface area contributed by atoms with Gasteiger partial charge >= 0.3 is 12.1 Å². The van der Waals surface area contributed by atoms with Crippen molar-refractivity contribution in [3.8, 4) is 0 Å². The second-order valence-electron chi connectivity index (χ2n) is 7.89. The number of rotatable bonds is 7. The lowest BCUT2D eigenvalue weighted by Crippen LogP contribution is -2.32. The van der Waals surface area contributed by atoms with Gasteiger partial charge < -0.3 is 5.11 Å². The lowest BCUT2D eigenvalue weighted by atomic mass is 9.77. The molecule has 0 aliphatic carbocycles. The van der Waals surface area contributed by atoms with Crippen LogP contribution in [0.5, 0.6) is 0 Å². The number of halogens is 5. The fourth-order valence-corrected chi connectivity index (χ4v) is 3.48. The minimum absolute atomic E-state index is 0.0205. The van der Waals surface area contributed by atoms with Gasteiger partial charge in [0.05, 0.1) is 17.3 Å². The van der Waals surface area contributed by atoms with Gasteiger partial charge in [0, 0.05) is 15.6 Å². The van der Waals surface area contributed by atoms with E-state index in [2.05, 4.69) is 0 Å². The van der Waals surface area contributed by atoms with Crippen LogP contribution in [0.15, 0.2) is 42.5 Å². The topological polar surface area (TPSA) is 54.4 Å². The van der Waals surface area contributed by atoms with Crippen LogP contribution in [0.3, 0.4) is 0 Å². The number of carbonyl (C=O) groups is 2. The molecule has 8 heteroatoms. The number of hydrogen-bond donors (Lipinski definition) is 1. The van der Waals surface area contributed by atoms with E-state index in [0.717, 1.165) is 6.92 Å². The molecule has 0 fully saturated rings. The van der Waals surface area contributed by atoms with Crippen molar-refractivity contribution < 1.29 is 27.9 Å². The maximum absolute atomic E-state index is 13.6. The summed E-state index contributed by atoms with van der Waals surface area (Å²) in [6.07, 6.45) is -4.67. The lowest BCUT2D eigenvalue weighted by molar-refractivity contribution is -0.172. The molecule has 0 spiro atoms. The highest BCUT2D eigenvalue weighted by molar-refractivity contribution is 6.31. The summed E-state index contributed by atoms with van der Waals surface area (Å²) < 4.78 is 40.8. The molecule has 2 atom stereocenters. The molecule has 0 aliphatic heterocycles. The molecule has 0 bridgehead atoms. The Hall–Kier alpha value is -2.05. The van der Waals surface area contributed by atoms with Gasteiger partial charge in [-0.3, -0.25) is 9.59 Å². The molecule has 0 unspecified atom stereocenters. The minimum Gasteiger partial charge on any atom is -0.481 e. The average molecular weight is 461 g/mol. The van der Waals surface area contributed by atoms with E-state index >= 15 is 0 Å². The summed E-state index contributed by atoms with van der Waals surface area (Å²) in [5, 5.41) is 9.92. The molecular formula is C22H21Cl2F3O3. The third-order valence-corrected chi connectivity index (χ3v) is 5.56. The van der Waals surface area contributed by atoms with Crippen LogP contribution in [0.25, 0.3) is 0 Å². The van der Waals surface area contributed by atoms with Crippen LogP contribution in [0.1, 0.15) is 48.2 Å². The van der Waals surface area contributed by atoms with Crippen molar-refractivity contribution in [2.45, 2.75) is 39.3 Å². The van der Waals surface area contributed by atoms with E-state index in [1.807, 2.05) is 0 Å². The van der Waals surface area contributed by atoms with Gasteiger partial charge in [-0.05, 0) is 55.7 Å². The highest BCUT2D eigenvalue weighted by Crippen LogP contribution is 2.40. The zero-order valence-electron chi connectivity index (χ0n) is 16.6. The van der Waals surface area contributed by atoms with E-state index in [9.17, 15) is 27.9 Å². The number of ketones is 1. The fraction of sp³-hybridized carbons (Fsp3) is 0.364. The molecule has 0 aliphatic rings. The maximum atomic E-state index is 13.6. The van der Waals surface area contributed by atoms with E-state index < -0.39 is 35.2 Å². The Balaban J connectivity index is 2.61. The average Bonchev–Trinajstić information content (AvgIpc) is 2.63. The molecule has 30 heavy (non-hydrogen) atoms. The molecule has 1 N–H and O–H groups in total. The van der Waals surface area contributed by atoms with E-state index in [1.165, 1.54) is 56.3 Å². The Morgan fingerprint density at radius 1 is 1.00 bits per heavy atom. The van der Waals surface area contributed by atoms with Crippen molar-refractivity contribution in [2.24, 2.45) is 11.3 Å². The first-order valence-corrected chi connectivity index (χ1v) is 9.88. The summed E-state index contributed by atoms with van der Waals surface area (Å²) in [6, 6.07) is 9.88. The van der Waals surface area contributed by atoms with Crippen LogP contribution in [-0.2, 0) is 11.2 Å². The number of carbonyl (C=O) groups excluding carboxylic acids is 1. The number of aliphatic carboxylic acids is 1. The number of carboxylic acids is 1. The van der Waals surface area contributed by atoms with E-state index in [4.69, 9.17) is 23.2 Å². The third kappa shape index (κ3) is 5.55. The smallest absolute Gasteiger partial charge is 0.392 e. The third-order valence-electron chi connectivity index (χ3n) is 5.08. The lowest BCUT2D eigenvalue weighted by Gasteiger charge is -2.27. The van der Waals surface area contributed by atoms with E-state index in [1.54, 1.807) is 0 Å². The summed E-state index contributed by atoms with van der Waals surface area (Å²) in [6.45, 7) is 3.91. The summed E-state index contributed by atoms with van der Waals surface area (Å²) in [7, 11) is 0. The number of Topliss-reactive ketones (excluding diaryl/α,β-unsaturated/α-hetero) is 1. The van der Waals surface area contributed by atoms with Crippen LogP contribution < -0.4 is 0 Å². The molecular weight excluding hydrogens is 440 g/mol. The van der Waals surface area contributed by atoms with Gasteiger partial charge in [0.2, 0.25) is 0 Å². The minimum atomic E-state index is -4.63. The molecule has 0 saturated heterocycles. The molecule has 2 rings (SSSR count). The summed E-state index contributed by atoms with van der Waals surface area (Å²) in [5.74, 6) is -5.38. The highest BCUT2D eigenvalue weighted by atomic mass is 35.5. The first-order valence-electron chi connectivity index (χ1n) is 9.12. The van der Waals surface area contributed by atoms with Crippen molar-refractivity contribution in [3.63, 3.8) is 0 Å². The Bertz CT molecular complexity index is 938. The number of benzene rings is 2. The molecule has 0 saturated carbocycles. The van der Waals surface area contributed by atoms with Gasteiger partial charge in [0.1, 0.15) is 0 Å². The molecule has 0 aromatic heterocycles. The SMILES string of the molecule is C[C@H]([C@H](C(=O)c1cc(Cl)ccc1CC(C)(C)C(=O)O)c1ccc(Cl)cc1)C(F)(F)F. The van der Waals surface area contributed by atoms with Gasteiger partial charge in [-0.2, -0.15) is 13.2 Å². The van der Waals surface area contributed by atoms with Gasteiger partial charge in [-0.1, -0.05) is 48.3 Å². The number of alkyl halides is 3. The quantitative estimate of drug-likeness (QED) is 0.461. The van der Waals surface area contributed by atoms with Crippen LogP contribution in [0, 0.1) is 11.3 Å². The molecule has 3 nitrogen and oxygen atoms in total. The van der Waals surface area contributed by atoms with Crippen molar-refractivity contribution in [1.82, 2.24) is 0 Å². The first-order chi connectivity index (χ1) is 13.7. The van der Waals surface area contributed by atoms with Crippen molar-refractivity contribution in [1.29, 1.82) is 0 Å². The Morgan fingerprint density at radius 2 is 1.53 bits per heavy atom. The van der Waals surface area contributed by atoms with Crippen LogP contribution in [0.4, 0.5) is 13.2 Å². The molecule has 0 amide bonds. The van der Waals surface area contributed by atoms with E-state index in [-0.39, 0.29) is 22.6 Å². The standard InChI is InChI=1S/C22H21Cl2F3O3/c1-12(22(25,26)27)18(13-4-7-15(23)8-5-13)19(28)17-10-16(24)9-6-14(17)11-21(2,3)20(29)30/h4-10,12,18H,11H2,1-3H3,(H,29,30)/t12-,18+/m1/s1. The summed E-state index contributed by atoms with van der Waals surface area (Å²) in [5.41, 5.74) is -0.760. The van der Waals surface area contributed by atoms with Crippen LogP contribution in [0.2, 0.25) is 10.0 Å². The monoisotopic (exact) mass is 460 g/mol. The second-order valence-corrected chi connectivity index (χ2v) is 8.76.